The summed E-state index contributed by atoms with van der Waals surface area (Å²) in [7, 11) is 1.93. The highest BCUT2D eigenvalue weighted by Crippen LogP contribution is 2.35. The second-order valence-electron chi connectivity index (χ2n) is 5.12. The van der Waals surface area contributed by atoms with Crippen molar-refractivity contribution in [2.75, 3.05) is 13.6 Å². The molecular weight excluding hydrogens is 297 g/mol. The SMILES string of the molecule is CNCC[C@@H](Oc1ccc(F)c2ccsc12)c1ccccc1. The first-order valence-electron chi connectivity index (χ1n) is 7.31. The summed E-state index contributed by atoms with van der Waals surface area (Å²) in [5.41, 5.74) is 1.13. The monoisotopic (exact) mass is 315 g/mol. The number of nitrogens with one attached hydrogen (secondary N) is 1. The molecule has 0 amide bonds. The van der Waals surface area contributed by atoms with Crippen LogP contribution in [-0.2, 0) is 0 Å². The van der Waals surface area contributed by atoms with Crippen molar-refractivity contribution in [3.05, 3.63) is 65.3 Å². The molecule has 0 aliphatic heterocycles. The Kier molecular flexibility index (Phi) is 4.71. The lowest BCUT2D eigenvalue weighted by atomic mass is 10.1. The van der Waals surface area contributed by atoms with Crippen LogP contribution in [0, 0.1) is 5.82 Å². The molecule has 1 N–H and O–H groups in total. The van der Waals surface area contributed by atoms with E-state index in [2.05, 4.69) is 17.4 Å². The minimum atomic E-state index is -0.199. The van der Waals surface area contributed by atoms with E-state index in [0.29, 0.717) is 5.39 Å². The molecule has 0 aliphatic rings. The summed E-state index contributed by atoms with van der Waals surface area (Å²) in [4.78, 5) is 0. The van der Waals surface area contributed by atoms with Crippen molar-refractivity contribution < 1.29 is 9.13 Å². The highest BCUT2D eigenvalue weighted by molar-refractivity contribution is 7.17. The fourth-order valence-electron chi connectivity index (χ4n) is 2.49. The van der Waals surface area contributed by atoms with Crippen LogP contribution in [0.2, 0.25) is 0 Å². The van der Waals surface area contributed by atoms with Gasteiger partial charge in [-0.3, -0.25) is 0 Å². The number of rotatable bonds is 6. The zero-order chi connectivity index (χ0) is 15.4. The van der Waals surface area contributed by atoms with E-state index in [0.717, 1.165) is 29.0 Å². The molecule has 0 spiro atoms. The summed E-state index contributed by atoms with van der Waals surface area (Å²) >= 11 is 1.51. The number of hydrogen-bond donors (Lipinski definition) is 1. The summed E-state index contributed by atoms with van der Waals surface area (Å²) in [6.07, 6.45) is 0.800. The molecule has 0 bridgehead atoms. The first kappa shape index (κ1) is 15.0. The van der Waals surface area contributed by atoms with Crippen molar-refractivity contribution >= 4 is 21.4 Å². The molecule has 3 aromatic rings. The minimum absolute atomic E-state index is 0.0515. The predicted octanol–water partition coefficient (Wildman–Crippen LogP) is 4.77. The molecule has 2 aromatic carbocycles. The quantitative estimate of drug-likeness (QED) is 0.707. The van der Waals surface area contributed by atoms with Gasteiger partial charge in [-0.2, -0.15) is 0 Å². The molecule has 1 aromatic heterocycles. The van der Waals surface area contributed by atoms with Gasteiger partial charge in [0.1, 0.15) is 17.7 Å². The van der Waals surface area contributed by atoms with Gasteiger partial charge in [0.25, 0.3) is 0 Å². The maximum absolute atomic E-state index is 13.8. The van der Waals surface area contributed by atoms with Gasteiger partial charge in [0.05, 0.1) is 4.70 Å². The normalized spacial score (nSPS) is 12.5. The van der Waals surface area contributed by atoms with Crippen LogP contribution < -0.4 is 10.1 Å². The standard InChI is InChI=1S/C18H18FNOS/c1-20-11-9-16(13-5-3-2-4-6-13)21-17-8-7-15(19)14-10-12-22-18(14)17/h2-8,10,12,16,20H,9,11H2,1H3/t16-/m1/s1. The largest absolute Gasteiger partial charge is 0.484 e. The molecule has 22 heavy (non-hydrogen) atoms. The third-order valence-corrected chi connectivity index (χ3v) is 4.55. The smallest absolute Gasteiger partial charge is 0.138 e. The number of benzene rings is 2. The number of halogens is 1. The third-order valence-electron chi connectivity index (χ3n) is 3.62. The van der Waals surface area contributed by atoms with Crippen molar-refractivity contribution in [1.29, 1.82) is 0 Å². The van der Waals surface area contributed by atoms with Crippen LogP contribution in [0.15, 0.2) is 53.9 Å². The van der Waals surface area contributed by atoms with Crippen LogP contribution in [0.3, 0.4) is 0 Å². The molecule has 0 fully saturated rings. The Labute approximate surface area is 133 Å². The Bertz CT molecular complexity index is 741. The van der Waals surface area contributed by atoms with Gasteiger partial charge in [-0.15, -0.1) is 11.3 Å². The first-order chi connectivity index (χ1) is 10.8. The molecule has 0 unspecified atom stereocenters. The van der Waals surface area contributed by atoms with E-state index < -0.39 is 0 Å². The molecule has 0 radical (unpaired) electrons. The fraction of sp³-hybridized carbons (Fsp3) is 0.222. The Morgan fingerprint density at radius 2 is 1.95 bits per heavy atom. The maximum atomic E-state index is 13.8. The maximum Gasteiger partial charge on any atom is 0.138 e. The number of thiophene rings is 1. The van der Waals surface area contributed by atoms with Gasteiger partial charge in [-0.1, -0.05) is 30.3 Å². The second-order valence-corrected chi connectivity index (χ2v) is 6.03. The average Bonchev–Trinajstić information content (AvgIpc) is 3.05. The van der Waals surface area contributed by atoms with Gasteiger partial charge in [-0.25, -0.2) is 4.39 Å². The molecule has 1 atom stereocenters. The van der Waals surface area contributed by atoms with Crippen LogP contribution in [-0.4, -0.2) is 13.6 Å². The zero-order valence-electron chi connectivity index (χ0n) is 12.4. The highest BCUT2D eigenvalue weighted by atomic mass is 32.1. The van der Waals surface area contributed by atoms with Gasteiger partial charge < -0.3 is 10.1 Å². The van der Waals surface area contributed by atoms with E-state index in [9.17, 15) is 4.39 Å². The van der Waals surface area contributed by atoms with Crippen LogP contribution in [0.1, 0.15) is 18.1 Å². The van der Waals surface area contributed by atoms with Crippen LogP contribution in [0.25, 0.3) is 10.1 Å². The molecule has 1 heterocycles. The Hall–Kier alpha value is -1.91. The van der Waals surface area contributed by atoms with Crippen molar-refractivity contribution in [2.24, 2.45) is 0 Å². The molecule has 3 rings (SSSR count). The van der Waals surface area contributed by atoms with E-state index in [1.54, 1.807) is 12.1 Å². The number of hydrogen-bond acceptors (Lipinski definition) is 3. The lowest BCUT2D eigenvalue weighted by Crippen LogP contribution is -2.16. The lowest BCUT2D eigenvalue weighted by Gasteiger charge is -2.20. The van der Waals surface area contributed by atoms with E-state index in [4.69, 9.17) is 4.74 Å². The predicted molar refractivity (Wildman–Crippen MR) is 90.1 cm³/mol. The number of fused-ring (bicyclic) bond motifs is 1. The lowest BCUT2D eigenvalue weighted by molar-refractivity contribution is 0.198. The van der Waals surface area contributed by atoms with Crippen LogP contribution in [0.4, 0.5) is 4.39 Å². The molecule has 0 aliphatic carbocycles. The van der Waals surface area contributed by atoms with Gasteiger partial charge >= 0.3 is 0 Å². The van der Waals surface area contributed by atoms with E-state index in [-0.39, 0.29) is 11.9 Å². The summed E-state index contributed by atoms with van der Waals surface area (Å²) in [5.74, 6) is 0.548. The van der Waals surface area contributed by atoms with E-state index >= 15 is 0 Å². The summed E-state index contributed by atoms with van der Waals surface area (Å²) in [6, 6.07) is 15.1. The van der Waals surface area contributed by atoms with Crippen molar-refractivity contribution in [1.82, 2.24) is 5.32 Å². The summed E-state index contributed by atoms with van der Waals surface area (Å²) in [5, 5.41) is 5.68. The fourth-order valence-corrected chi connectivity index (χ4v) is 3.35. The van der Waals surface area contributed by atoms with Crippen molar-refractivity contribution in [3.63, 3.8) is 0 Å². The Morgan fingerprint density at radius 3 is 2.73 bits per heavy atom. The minimum Gasteiger partial charge on any atom is -0.484 e. The highest BCUT2D eigenvalue weighted by Gasteiger charge is 2.16. The zero-order valence-corrected chi connectivity index (χ0v) is 13.2. The number of ether oxygens (including phenoxy) is 1. The van der Waals surface area contributed by atoms with Crippen molar-refractivity contribution in [2.45, 2.75) is 12.5 Å². The summed E-state index contributed by atoms with van der Waals surface area (Å²) in [6.45, 7) is 0.855. The Balaban J connectivity index is 1.92. The first-order valence-corrected chi connectivity index (χ1v) is 8.19. The molecule has 0 saturated heterocycles. The van der Waals surface area contributed by atoms with Crippen LogP contribution >= 0.6 is 11.3 Å². The van der Waals surface area contributed by atoms with Gasteiger partial charge in [0.15, 0.2) is 0 Å². The van der Waals surface area contributed by atoms with Crippen LogP contribution in [0.5, 0.6) is 5.75 Å². The van der Waals surface area contributed by atoms with Gasteiger partial charge in [0.2, 0.25) is 0 Å². The van der Waals surface area contributed by atoms with E-state index in [1.165, 1.54) is 17.4 Å². The van der Waals surface area contributed by atoms with Crippen molar-refractivity contribution in [3.8, 4) is 5.75 Å². The second kappa shape index (κ2) is 6.90. The molecule has 4 heteroatoms. The van der Waals surface area contributed by atoms with E-state index in [1.807, 2.05) is 30.6 Å². The molecule has 114 valence electrons. The Morgan fingerprint density at radius 1 is 1.14 bits per heavy atom. The van der Waals surface area contributed by atoms with Gasteiger partial charge in [0, 0.05) is 11.8 Å². The molecule has 0 saturated carbocycles. The molecule has 2 nitrogen and oxygen atoms in total. The average molecular weight is 315 g/mol. The third kappa shape index (κ3) is 3.13. The summed E-state index contributed by atoms with van der Waals surface area (Å²) < 4.78 is 20.9. The topological polar surface area (TPSA) is 21.3 Å². The van der Waals surface area contributed by atoms with Gasteiger partial charge in [-0.05, 0) is 42.7 Å². The molecular formula is C18H18FNOS.